The van der Waals surface area contributed by atoms with Crippen molar-refractivity contribution in [3.63, 3.8) is 0 Å². The highest BCUT2D eigenvalue weighted by Crippen LogP contribution is 2.17. The molecule has 0 unspecified atom stereocenters. The maximum Gasteiger partial charge on any atom is 0.126 e. The van der Waals surface area contributed by atoms with Crippen molar-refractivity contribution >= 4 is 5.82 Å². The molecular formula is C13H19N5. The average molecular weight is 245 g/mol. The van der Waals surface area contributed by atoms with E-state index in [1.54, 1.807) is 6.20 Å². The molecule has 0 saturated carbocycles. The van der Waals surface area contributed by atoms with Gasteiger partial charge in [-0.15, -0.1) is 5.10 Å². The zero-order valence-electron chi connectivity index (χ0n) is 10.9. The van der Waals surface area contributed by atoms with Crippen molar-refractivity contribution in [3.8, 4) is 11.4 Å². The van der Waals surface area contributed by atoms with Gasteiger partial charge < -0.3 is 5.32 Å². The number of hydrogen-bond acceptors (Lipinski definition) is 4. The molecule has 2 aromatic rings. The number of aryl methyl sites for hydroxylation is 1. The van der Waals surface area contributed by atoms with Crippen molar-refractivity contribution in [2.45, 2.75) is 33.2 Å². The van der Waals surface area contributed by atoms with Crippen molar-refractivity contribution in [2.75, 3.05) is 11.9 Å². The number of anilines is 1. The van der Waals surface area contributed by atoms with E-state index in [4.69, 9.17) is 0 Å². The fourth-order valence-corrected chi connectivity index (χ4v) is 1.76. The van der Waals surface area contributed by atoms with Gasteiger partial charge in [0.2, 0.25) is 0 Å². The smallest absolute Gasteiger partial charge is 0.126 e. The van der Waals surface area contributed by atoms with E-state index < -0.39 is 0 Å². The van der Waals surface area contributed by atoms with Crippen molar-refractivity contribution in [2.24, 2.45) is 0 Å². The predicted molar refractivity (Wildman–Crippen MR) is 72.3 cm³/mol. The number of nitrogens with zero attached hydrogens (tertiary/aromatic N) is 4. The average Bonchev–Trinajstić information content (AvgIpc) is 2.85. The predicted octanol–water partition coefficient (Wildman–Crippen LogP) is 2.57. The van der Waals surface area contributed by atoms with Gasteiger partial charge in [-0.05, 0) is 25.0 Å². The maximum atomic E-state index is 4.58. The lowest BCUT2D eigenvalue weighted by molar-refractivity contribution is 0.583. The molecule has 0 saturated heterocycles. The first-order chi connectivity index (χ1) is 8.85. The molecule has 0 spiro atoms. The summed E-state index contributed by atoms with van der Waals surface area (Å²) in [5.74, 6) is 0.901. The molecule has 0 aromatic carbocycles. The van der Waals surface area contributed by atoms with Crippen LogP contribution in [0.1, 0.15) is 26.7 Å². The third-order valence-corrected chi connectivity index (χ3v) is 2.62. The van der Waals surface area contributed by atoms with Crippen LogP contribution in [0.15, 0.2) is 24.4 Å². The Morgan fingerprint density at radius 2 is 2.11 bits per heavy atom. The van der Waals surface area contributed by atoms with E-state index in [0.29, 0.717) is 0 Å². The molecule has 0 bridgehead atoms. The Labute approximate surface area is 107 Å². The van der Waals surface area contributed by atoms with Crippen LogP contribution < -0.4 is 5.32 Å². The summed E-state index contributed by atoms with van der Waals surface area (Å²) in [5.41, 5.74) is 1.88. The van der Waals surface area contributed by atoms with Gasteiger partial charge in [0.25, 0.3) is 0 Å². The standard InChI is InChI=1S/C13H19N5/c1-3-8-14-13-7-5-6-11(16-13)12-10-15-17-18(12)9-4-2/h5-7,10H,3-4,8-9H2,1-2H3,(H,14,16). The Morgan fingerprint density at radius 1 is 1.22 bits per heavy atom. The Balaban J connectivity index is 2.24. The van der Waals surface area contributed by atoms with Gasteiger partial charge in [-0.25, -0.2) is 9.67 Å². The van der Waals surface area contributed by atoms with Crippen LogP contribution in [0, 0.1) is 0 Å². The largest absolute Gasteiger partial charge is 0.370 e. The summed E-state index contributed by atoms with van der Waals surface area (Å²) in [6.07, 6.45) is 3.88. The van der Waals surface area contributed by atoms with Gasteiger partial charge in [0.1, 0.15) is 11.5 Å². The first-order valence-corrected chi connectivity index (χ1v) is 6.45. The van der Waals surface area contributed by atoms with Gasteiger partial charge in [0, 0.05) is 13.1 Å². The molecule has 0 aliphatic carbocycles. The highest BCUT2D eigenvalue weighted by atomic mass is 15.4. The quantitative estimate of drug-likeness (QED) is 0.849. The summed E-state index contributed by atoms with van der Waals surface area (Å²) in [7, 11) is 0. The summed E-state index contributed by atoms with van der Waals surface area (Å²) >= 11 is 0. The van der Waals surface area contributed by atoms with Crippen LogP contribution in [-0.4, -0.2) is 26.5 Å². The lowest BCUT2D eigenvalue weighted by atomic mass is 10.2. The van der Waals surface area contributed by atoms with E-state index in [-0.39, 0.29) is 0 Å². The molecule has 0 aliphatic rings. The molecule has 5 nitrogen and oxygen atoms in total. The Bertz CT molecular complexity index is 492. The van der Waals surface area contributed by atoms with Gasteiger partial charge in [-0.1, -0.05) is 25.1 Å². The van der Waals surface area contributed by atoms with Crippen molar-refractivity contribution < 1.29 is 0 Å². The summed E-state index contributed by atoms with van der Waals surface area (Å²) in [6, 6.07) is 5.97. The molecule has 0 atom stereocenters. The van der Waals surface area contributed by atoms with Crippen LogP contribution in [0.4, 0.5) is 5.82 Å². The van der Waals surface area contributed by atoms with E-state index in [0.717, 1.165) is 43.1 Å². The van der Waals surface area contributed by atoms with E-state index in [9.17, 15) is 0 Å². The molecule has 0 fully saturated rings. The zero-order chi connectivity index (χ0) is 12.8. The first-order valence-electron chi connectivity index (χ1n) is 6.45. The normalized spacial score (nSPS) is 10.6. The fraction of sp³-hybridized carbons (Fsp3) is 0.462. The van der Waals surface area contributed by atoms with E-state index in [1.165, 1.54) is 0 Å². The Hall–Kier alpha value is -1.91. The van der Waals surface area contributed by atoms with Gasteiger partial charge in [0.15, 0.2) is 0 Å². The number of aromatic nitrogens is 4. The van der Waals surface area contributed by atoms with E-state index in [1.807, 2.05) is 22.9 Å². The van der Waals surface area contributed by atoms with Crippen molar-refractivity contribution in [3.05, 3.63) is 24.4 Å². The number of rotatable bonds is 6. The third-order valence-electron chi connectivity index (χ3n) is 2.62. The lowest BCUT2D eigenvalue weighted by Crippen LogP contribution is -2.05. The van der Waals surface area contributed by atoms with Gasteiger partial charge in [-0.2, -0.15) is 0 Å². The molecule has 1 N–H and O–H groups in total. The molecular weight excluding hydrogens is 226 g/mol. The Kier molecular flexibility index (Phi) is 4.28. The van der Waals surface area contributed by atoms with Crippen LogP contribution in [0.5, 0.6) is 0 Å². The molecule has 0 aliphatic heterocycles. The zero-order valence-corrected chi connectivity index (χ0v) is 10.9. The highest BCUT2D eigenvalue weighted by Gasteiger charge is 2.07. The second kappa shape index (κ2) is 6.14. The van der Waals surface area contributed by atoms with Gasteiger partial charge in [0.05, 0.1) is 11.9 Å². The third kappa shape index (κ3) is 2.85. The molecule has 2 rings (SSSR count). The molecule has 5 heteroatoms. The topological polar surface area (TPSA) is 55.6 Å². The van der Waals surface area contributed by atoms with Crippen molar-refractivity contribution in [1.29, 1.82) is 0 Å². The molecule has 2 aromatic heterocycles. The minimum Gasteiger partial charge on any atom is -0.370 e. The molecule has 0 radical (unpaired) electrons. The minimum atomic E-state index is 0.865. The summed E-state index contributed by atoms with van der Waals surface area (Å²) < 4.78 is 1.89. The van der Waals surface area contributed by atoms with Crippen LogP contribution in [-0.2, 0) is 6.54 Å². The van der Waals surface area contributed by atoms with Crippen LogP contribution in [0.3, 0.4) is 0 Å². The summed E-state index contributed by atoms with van der Waals surface area (Å²) in [5, 5.41) is 11.3. The van der Waals surface area contributed by atoms with E-state index in [2.05, 4.69) is 34.5 Å². The fourth-order valence-electron chi connectivity index (χ4n) is 1.76. The molecule has 96 valence electrons. The highest BCUT2D eigenvalue weighted by molar-refractivity contribution is 5.56. The number of hydrogen-bond donors (Lipinski definition) is 1. The van der Waals surface area contributed by atoms with Crippen molar-refractivity contribution in [1.82, 2.24) is 20.0 Å². The molecule has 18 heavy (non-hydrogen) atoms. The second-order valence-electron chi connectivity index (χ2n) is 4.18. The van der Waals surface area contributed by atoms with E-state index >= 15 is 0 Å². The SMILES string of the molecule is CCCNc1cccc(-c2cnnn2CCC)n1. The number of pyridine rings is 1. The minimum absolute atomic E-state index is 0.865. The summed E-state index contributed by atoms with van der Waals surface area (Å²) in [6.45, 7) is 6.06. The summed E-state index contributed by atoms with van der Waals surface area (Å²) in [4.78, 5) is 4.58. The van der Waals surface area contributed by atoms with Gasteiger partial charge in [-0.3, -0.25) is 0 Å². The number of nitrogens with one attached hydrogen (secondary N) is 1. The maximum absolute atomic E-state index is 4.58. The molecule has 0 amide bonds. The lowest BCUT2D eigenvalue weighted by Gasteiger charge is -2.07. The first kappa shape index (κ1) is 12.5. The van der Waals surface area contributed by atoms with Crippen LogP contribution >= 0.6 is 0 Å². The second-order valence-corrected chi connectivity index (χ2v) is 4.18. The Morgan fingerprint density at radius 3 is 2.89 bits per heavy atom. The van der Waals surface area contributed by atoms with Gasteiger partial charge >= 0.3 is 0 Å². The molecule has 2 heterocycles. The van der Waals surface area contributed by atoms with Crippen LogP contribution in [0.2, 0.25) is 0 Å². The van der Waals surface area contributed by atoms with Crippen LogP contribution in [0.25, 0.3) is 11.4 Å². The monoisotopic (exact) mass is 245 g/mol.